The van der Waals surface area contributed by atoms with E-state index >= 15 is 0 Å². The molecule has 1 aromatic carbocycles. The highest BCUT2D eigenvalue weighted by Crippen LogP contribution is 2.29. The Labute approximate surface area is 122 Å². The third-order valence-corrected chi connectivity index (χ3v) is 4.52. The van der Waals surface area contributed by atoms with Crippen molar-refractivity contribution in [2.75, 3.05) is 0 Å². The van der Waals surface area contributed by atoms with E-state index < -0.39 is 0 Å². The van der Waals surface area contributed by atoms with E-state index in [4.69, 9.17) is 11.6 Å². The summed E-state index contributed by atoms with van der Waals surface area (Å²) < 4.78 is 1.20. The van der Waals surface area contributed by atoms with Crippen LogP contribution < -0.4 is 0 Å². The van der Waals surface area contributed by atoms with Crippen molar-refractivity contribution in [3.05, 3.63) is 50.4 Å². The fraction of sp³-hybridized carbons (Fsp3) is 0. The molecular weight excluding hydrogens is 365 g/mol. The first kappa shape index (κ1) is 11.4. The van der Waals surface area contributed by atoms with Crippen molar-refractivity contribution in [1.82, 2.24) is 4.98 Å². The van der Waals surface area contributed by atoms with E-state index in [-0.39, 0.29) is 0 Å². The van der Waals surface area contributed by atoms with Gasteiger partial charge in [-0.25, -0.2) is 4.98 Å². The summed E-state index contributed by atoms with van der Waals surface area (Å²) in [5.74, 6) is 0. The Morgan fingerprint density at radius 1 is 1.18 bits per heavy atom. The highest BCUT2D eigenvalue weighted by Gasteiger charge is 2.06. The number of thiophene rings is 1. The average molecular weight is 372 g/mol. The van der Waals surface area contributed by atoms with Crippen LogP contribution in [0, 0.1) is 3.57 Å². The van der Waals surface area contributed by atoms with Gasteiger partial charge in [-0.1, -0.05) is 23.7 Å². The maximum absolute atomic E-state index is 6.01. The Hall–Kier alpha value is -0.650. The van der Waals surface area contributed by atoms with Crippen molar-refractivity contribution in [2.45, 2.75) is 0 Å². The fourth-order valence-electron chi connectivity index (χ4n) is 1.71. The first-order valence-electron chi connectivity index (χ1n) is 5.04. The SMILES string of the molecule is Clc1ccc2c(I)cc(-c3cccs3)nc2c1. The fourth-order valence-corrected chi connectivity index (χ4v) is 3.31. The van der Waals surface area contributed by atoms with Crippen LogP contribution in [0.1, 0.15) is 0 Å². The van der Waals surface area contributed by atoms with Crippen molar-refractivity contribution in [3.8, 4) is 10.6 Å². The maximum atomic E-state index is 6.01. The monoisotopic (exact) mass is 371 g/mol. The largest absolute Gasteiger partial charge is 0.247 e. The number of pyridine rings is 1. The van der Waals surface area contributed by atoms with Crippen LogP contribution in [0.25, 0.3) is 21.5 Å². The van der Waals surface area contributed by atoms with Gasteiger partial charge >= 0.3 is 0 Å². The van der Waals surface area contributed by atoms with Crippen LogP contribution in [0.4, 0.5) is 0 Å². The lowest BCUT2D eigenvalue weighted by molar-refractivity contribution is 1.41. The van der Waals surface area contributed by atoms with E-state index in [0.717, 1.165) is 21.6 Å². The van der Waals surface area contributed by atoms with Crippen molar-refractivity contribution in [3.63, 3.8) is 0 Å². The molecular formula is C13H7ClINS. The standard InChI is InChI=1S/C13H7ClINS/c14-8-3-4-9-10(15)7-12(16-11(9)6-8)13-2-1-5-17-13/h1-7H. The summed E-state index contributed by atoms with van der Waals surface area (Å²) in [7, 11) is 0. The molecule has 0 radical (unpaired) electrons. The van der Waals surface area contributed by atoms with E-state index in [9.17, 15) is 0 Å². The molecule has 4 heteroatoms. The van der Waals surface area contributed by atoms with Crippen molar-refractivity contribution < 1.29 is 0 Å². The van der Waals surface area contributed by atoms with Gasteiger partial charge in [-0.3, -0.25) is 0 Å². The summed E-state index contributed by atoms with van der Waals surface area (Å²) in [6.45, 7) is 0. The lowest BCUT2D eigenvalue weighted by Gasteiger charge is -2.04. The predicted molar refractivity (Wildman–Crippen MR) is 82.8 cm³/mol. The third-order valence-electron chi connectivity index (χ3n) is 2.50. The summed E-state index contributed by atoms with van der Waals surface area (Å²) in [6, 6.07) is 12.1. The first-order chi connectivity index (χ1) is 8.24. The number of hydrogen-bond acceptors (Lipinski definition) is 2. The zero-order valence-electron chi connectivity index (χ0n) is 8.65. The van der Waals surface area contributed by atoms with Crippen LogP contribution in [-0.2, 0) is 0 Å². The molecule has 1 nitrogen and oxygen atoms in total. The second kappa shape index (κ2) is 4.55. The third kappa shape index (κ3) is 2.19. The van der Waals surface area contributed by atoms with E-state index in [1.54, 1.807) is 11.3 Å². The summed E-state index contributed by atoms with van der Waals surface area (Å²) >= 11 is 10.0. The van der Waals surface area contributed by atoms with E-state index in [0.29, 0.717) is 0 Å². The van der Waals surface area contributed by atoms with Gasteiger partial charge in [0, 0.05) is 14.0 Å². The highest BCUT2D eigenvalue weighted by molar-refractivity contribution is 14.1. The molecule has 84 valence electrons. The molecule has 0 fully saturated rings. The molecule has 0 atom stereocenters. The smallest absolute Gasteiger partial charge is 0.0819 e. The van der Waals surface area contributed by atoms with Gasteiger partial charge in [-0.05, 0) is 52.2 Å². The topological polar surface area (TPSA) is 12.9 Å². The van der Waals surface area contributed by atoms with Crippen LogP contribution in [0.2, 0.25) is 5.02 Å². The second-order valence-electron chi connectivity index (χ2n) is 3.63. The number of fused-ring (bicyclic) bond motifs is 1. The minimum absolute atomic E-state index is 0.726. The molecule has 0 aliphatic rings. The summed E-state index contributed by atoms with van der Waals surface area (Å²) in [4.78, 5) is 5.85. The summed E-state index contributed by atoms with van der Waals surface area (Å²) in [6.07, 6.45) is 0. The predicted octanol–water partition coefficient (Wildman–Crippen LogP) is 5.22. The Morgan fingerprint density at radius 2 is 2.06 bits per heavy atom. The molecule has 0 saturated heterocycles. The Balaban J connectivity index is 2.29. The number of nitrogens with zero attached hydrogens (tertiary/aromatic N) is 1. The molecule has 0 spiro atoms. The minimum atomic E-state index is 0.726. The molecule has 0 N–H and O–H groups in total. The van der Waals surface area contributed by atoms with Gasteiger partial charge in [0.05, 0.1) is 16.1 Å². The zero-order chi connectivity index (χ0) is 11.8. The number of benzene rings is 1. The maximum Gasteiger partial charge on any atom is 0.0819 e. The molecule has 3 rings (SSSR count). The number of aromatic nitrogens is 1. The van der Waals surface area contributed by atoms with Crippen LogP contribution in [-0.4, -0.2) is 4.98 Å². The molecule has 17 heavy (non-hydrogen) atoms. The zero-order valence-corrected chi connectivity index (χ0v) is 12.4. The van der Waals surface area contributed by atoms with Gasteiger partial charge in [-0.15, -0.1) is 11.3 Å². The van der Waals surface area contributed by atoms with Crippen LogP contribution in [0.3, 0.4) is 0 Å². The van der Waals surface area contributed by atoms with Crippen LogP contribution in [0.5, 0.6) is 0 Å². The highest BCUT2D eigenvalue weighted by atomic mass is 127. The molecule has 0 aliphatic heterocycles. The van der Waals surface area contributed by atoms with Crippen molar-refractivity contribution >= 4 is 56.4 Å². The quantitative estimate of drug-likeness (QED) is 0.534. The molecule has 3 aromatic rings. The van der Waals surface area contributed by atoms with Crippen molar-refractivity contribution in [1.29, 1.82) is 0 Å². The van der Waals surface area contributed by atoms with Gasteiger partial charge < -0.3 is 0 Å². The molecule has 0 amide bonds. The average Bonchev–Trinajstić information content (AvgIpc) is 2.81. The Kier molecular flexibility index (Phi) is 3.06. The molecule has 2 aromatic heterocycles. The molecule has 2 heterocycles. The van der Waals surface area contributed by atoms with Crippen LogP contribution >= 0.6 is 45.5 Å². The van der Waals surface area contributed by atoms with E-state index in [1.807, 2.05) is 24.3 Å². The van der Waals surface area contributed by atoms with Gasteiger partial charge in [0.1, 0.15) is 0 Å². The summed E-state index contributed by atoms with van der Waals surface area (Å²) in [5.41, 5.74) is 1.96. The minimum Gasteiger partial charge on any atom is -0.247 e. The second-order valence-corrected chi connectivity index (χ2v) is 6.17. The number of halogens is 2. The lowest BCUT2D eigenvalue weighted by atomic mass is 10.2. The Bertz CT molecular complexity index is 679. The number of hydrogen-bond donors (Lipinski definition) is 0. The van der Waals surface area contributed by atoms with Gasteiger partial charge in [0.15, 0.2) is 0 Å². The Morgan fingerprint density at radius 3 is 2.82 bits per heavy atom. The molecule has 0 bridgehead atoms. The normalized spacial score (nSPS) is 10.9. The van der Waals surface area contributed by atoms with Gasteiger partial charge in [0.2, 0.25) is 0 Å². The number of rotatable bonds is 1. The van der Waals surface area contributed by atoms with E-state index in [1.165, 1.54) is 8.45 Å². The molecule has 0 unspecified atom stereocenters. The van der Waals surface area contributed by atoms with Crippen LogP contribution in [0.15, 0.2) is 41.8 Å². The molecule has 0 aliphatic carbocycles. The van der Waals surface area contributed by atoms with Gasteiger partial charge in [-0.2, -0.15) is 0 Å². The first-order valence-corrected chi connectivity index (χ1v) is 7.37. The molecule has 0 saturated carbocycles. The lowest BCUT2D eigenvalue weighted by Crippen LogP contribution is -1.86. The summed E-state index contributed by atoms with van der Waals surface area (Å²) in [5, 5.41) is 3.94. The van der Waals surface area contributed by atoms with Gasteiger partial charge in [0.25, 0.3) is 0 Å². The van der Waals surface area contributed by atoms with E-state index in [2.05, 4.69) is 45.1 Å². The van der Waals surface area contributed by atoms with Crippen molar-refractivity contribution in [2.24, 2.45) is 0 Å².